The standard InChI is InChI=1S/C13H17NO3S2/c1-5-14-10-7-6-9(19(15,16)17)8-11(10)18-12(14)13(2,3)4/h6-8H,5H2,1-4H3/p+1. The molecule has 104 valence electrons. The third-order valence-electron chi connectivity index (χ3n) is 2.93. The van der Waals surface area contributed by atoms with Crippen molar-refractivity contribution >= 4 is 31.7 Å². The first-order valence-corrected chi connectivity index (χ1v) is 8.34. The van der Waals surface area contributed by atoms with Crippen molar-refractivity contribution in [1.29, 1.82) is 0 Å². The van der Waals surface area contributed by atoms with Crippen LogP contribution in [0.25, 0.3) is 10.2 Å². The number of benzene rings is 1. The molecule has 4 nitrogen and oxygen atoms in total. The Balaban J connectivity index is 2.77. The van der Waals surface area contributed by atoms with Gasteiger partial charge < -0.3 is 0 Å². The van der Waals surface area contributed by atoms with Gasteiger partial charge in [0, 0.05) is 6.07 Å². The van der Waals surface area contributed by atoms with E-state index >= 15 is 0 Å². The van der Waals surface area contributed by atoms with Crippen molar-refractivity contribution in [1.82, 2.24) is 0 Å². The Kier molecular flexibility index (Phi) is 3.45. The van der Waals surface area contributed by atoms with E-state index in [0.717, 1.165) is 16.8 Å². The largest absolute Gasteiger partial charge is 0.294 e. The van der Waals surface area contributed by atoms with Crippen LogP contribution in [-0.2, 0) is 22.1 Å². The fourth-order valence-electron chi connectivity index (χ4n) is 2.10. The molecule has 0 amide bonds. The zero-order valence-electron chi connectivity index (χ0n) is 11.5. The molecule has 1 aromatic heterocycles. The highest BCUT2D eigenvalue weighted by atomic mass is 32.2. The molecular weight excluding hydrogens is 282 g/mol. The Hall–Kier alpha value is -0.980. The van der Waals surface area contributed by atoms with Gasteiger partial charge in [-0.2, -0.15) is 13.0 Å². The number of hydrogen-bond acceptors (Lipinski definition) is 3. The average Bonchev–Trinajstić information content (AvgIpc) is 2.64. The van der Waals surface area contributed by atoms with Crippen molar-refractivity contribution in [3.63, 3.8) is 0 Å². The molecule has 0 unspecified atom stereocenters. The molecule has 2 rings (SSSR count). The van der Waals surface area contributed by atoms with Crippen LogP contribution in [0.1, 0.15) is 32.7 Å². The summed E-state index contributed by atoms with van der Waals surface area (Å²) >= 11 is 1.57. The molecule has 1 N–H and O–H groups in total. The van der Waals surface area contributed by atoms with Crippen molar-refractivity contribution < 1.29 is 17.5 Å². The second kappa shape index (κ2) is 4.54. The van der Waals surface area contributed by atoms with Gasteiger partial charge >= 0.3 is 0 Å². The Labute approximate surface area is 117 Å². The van der Waals surface area contributed by atoms with E-state index < -0.39 is 10.1 Å². The highest BCUT2D eigenvalue weighted by Gasteiger charge is 2.30. The first kappa shape index (κ1) is 14.4. The van der Waals surface area contributed by atoms with Crippen molar-refractivity contribution in [2.24, 2.45) is 0 Å². The molecule has 0 radical (unpaired) electrons. The Morgan fingerprint density at radius 1 is 1.32 bits per heavy atom. The van der Waals surface area contributed by atoms with Gasteiger partial charge in [0.05, 0.1) is 10.3 Å². The van der Waals surface area contributed by atoms with Crippen LogP contribution in [0.2, 0.25) is 0 Å². The maximum absolute atomic E-state index is 11.2. The van der Waals surface area contributed by atoms with Crippen LogP contribution in [0, 0.1) is 0 Å². The maximum Gasteiger partial charge on any atom is 0.294 e. The SMILES string of the molecule is CC[n+]1c(C(C)(C)C)sc2cc(S(=O)(=O)O)ccc21. The van der Waals surface area contributed by atoms with Gasteiger partial charge in [-0.15, -0.1) is 0 Å². The first-order chi connectivity index (χ1) is 8.64. The molecule has 0 bridgehead atoms. The summed E-state index contributed by atoms with van der Waals surface area (Å²) in [7, 11) is -4.14. The molecular formula is C13H18NO3S2+. The van der Waals surface area contributed by atoms with Gasteiger partial charge in [0.2, 0.25) is 10.5 Å². The first-order valence-electron chi connectivity index (χ1n) is 6.09. The predicted molar refractivity (Wildman–Crippen MR) is 76.2 cm³/mol. The smallest absolute Gasteiger partial charge is 0.282 e. The lowest BCUT2D eigenvalue weighted by molar-refractivity contribution is -0.673. The number of thiazole rings is 1. The van der Waals surface area contributed by atoms with Gasteiger partial charge in [-0.25, -0.2) is 0 Å². The van der Waals surface area contributed by atoms with Crippen LogP contribution in [0.15, 0.2) is 23.1 Å². The lowest BCUT2D eigenvalue weighted by Crippen LogP contribution is -2.39. The number of aromatic nitrogens is 1. The van der Waals surface area contributed by atoms with E-state index in [0.29, 0.717) is 0 Å². The predicted octanol–water partition coefficient (Wildman–Crippen LogP) is 2.75. The van der Waals surface area contributed by atoms with Gasteiger partial charge in [0.15, 0.2) is 0 Å². The zero-order chi connectivity index (χ0) is 14.4. The van der Waals surface area contributed by atoms with Crippen LogP contribution in [0.5, 0.6) is 0 Å². The van der Waals surface area contributed by atoms with Crippen LogP contribution in [0.3, 0.4) is 0 Å². The zero-order valence-corrected chi connectivity index (χ0v) is 13.1. The minimum absolute atomic E-state index is 0.00203. The molecule has 19 heavy (non-hydrogen) atoms. The lowest BCUT2D eigenvalue weighted by Gasteiger charge is -2.11. The highest BCUT2D eigenvalue weighted by Crippen LogP contribution is 2.31. The van der Waals surface area contributed by atoms with Gasteiger partial charge in [-0.1, -0.05) is 11.3 Å². The van der Waals surface area contributed by atoms with Crippen LogP contribution in [-0.4, -0.2) is 13.0 Å². The quantitative estimate of drug-likeness (QED) is 0.685. The summed E-state index contributed by atoms with van der Waals surface area (Å²) in [6.45, 7) is 9.30. The van der Waals surface area contributed by atoms with E-state index in [9.17, 15) is 8.42 Å². The van der Waals surface area contributed by atoms with E-state index in [2.05, 4.69) is 32.3 Å². The molecule has 0 aliphatic heterocycles. The summed E-state index contributed by atoms with van der Waals surface area (Å²) in [5.41, 5.74) is 1.00. The van der Waals surface area contributed by atoms with Crippen LogP contribution in [0.4, 0.5) is 0 Å². The lowest BCUT2D eigenvalue weighted by atomic mass is 9.98. The summed E-state index contributed by atoms with van der Waals surface area (Å²) in [4.78, 5) is -0.0510. The number of aryl methyl sites for hydroxylation is 1. The second-order valence-electron chi connectivity index (χ2n) is 5.51. The summed E-state index contributed by atoms with van der Waals surface area (Å²) in [5.74, 6) is 0. The van der Waals surface area contributed by atoms with Crippen LogP contribution >= 0.6 is 11.3 Å². The van der Waals surface area contributed by atoms with Crippen molar-refractivity contribution in [2.75, 3.05) is 0 Å². The van der Waals surface area contributed by atoms with E-state index in [1.54, 1.807) is 17.4 Å². The Morgan fingerprint density at radius 2 is 1.95 bits per heavy atom. The van der Waals surface area contributed by atoms with Crippen molar-refractivity contribution in [3.05, 3.63) is 23.2 Å². The van der Waals surface area contributed by atoms with Crippen molar-refractivity contribution in [3.8, 4) is 0 Å². The van der Waals surface area contributed by atoms with E-state index in [1.165, 1.54) is 17.1 Å². The fraction of sp³-hybridized carbons (Fsp3) is 0.462. The molecule has 1 heterocycles. The van der Waals surface area contributed by atoms with E-state index in [4.69, 9.17) is 4.55 Å². The molecule has 0 aliphatic carbocycles. The number of hydrogen-bond donors (Lipinski definition) is 1. The number of rotatable bonds is 2. The molecule has 2 aromatic rings. The molecule has 0 aliphatic rings. The third-order valence-corrected chi connectivity index (χ3v) is 5.35. The summed E-state index contributed by atoms with van der Waals surface area (Å²) in [6, 6.07) is 4.74. The molecule has 0 saturated heterocycles. The fourth-order valence-corrected chi connectivity index (χ4v) is 4.00. The third kappa shape index (κ3) is 2.66. The summed E-state index contributed by atoms with van der Waals surface area (Å²) < 4.78 is 34.6. The highest BCUT2D eigenvalue weighted by molar-refractivity contribution is 7.85. The van der Waals surface area contributed by atoms with E-state index in [1.807, 2.05) is 0 Å². The Bertz CT molecular complexity index is 724. The Morgan fingerprint density at radius 3 is 2.42 bits per heavy atom. The van der Waals surface area contributed by atoms with Crippen molar-refractivity contribution in [2.45, 2.75) is 44.6 Å². The molecule has 0 saturated carbocycles. The van der Waals surface area contributed by atoms with Crippen LogP contribution < -0.4 is 4.57 Å². The maximum atomic E-state index is 11.2. The summed E-state index contributed by atoms with van der Waals surface area (Å²) in [5, 5.41) is 1.19. The second-order valence-corrected chi connectivity index (χ2v) is 7.96. The average molecular weight is 300 g/mol. The molecule has 0 spiro atoms. The monoisotopic (exact) mass is 300 g/mol. The number of nitrogens with zero attached hydrogens (tertiary/aromatic N) is 1. The van der Waals surface area contributed by atoms with Gasteiger partial charge in [0.1, 0.15) is 11.2 Å². The van der Waals surface area contributed by atoms with Gasteiger partial charge in [-0.3, -0.25) is 4.55 Å². The molecule has 1 aromatic carbocycles. The normalized spacial score (nSPS) is 13.1. The molecule has 0 fully saturated rings. The van der Waals surface area contributed by atoms with Gasteiger partial charge in [-0.05, 0) is 39.8 Å². The molecule has 6 heteroatoms. The minimum atomic E-state index is -4.14. The minimum Gasteiger partial charge on any atom is -0.282 e. The summed E-state index contributed by atoms with van der Waals surface area (Å²) in [6.07, 6.45) is 0. The van der Waals surface area contributed by atoms with Gasteiger partial charge in [0.25, 0.3) is 10.1 Å². The number of fused-ring (bicyclic) bond motifs is 1. The van der Waals surface area contributed by atoms with E-state index in [-0.39, 0.29) is 10.3 Å². The topological polar surface area (TPSA) is 58.2 Å². The molecule has 0 atom stereocenters.